The van der Waals surface area contributed by atoms with Gasteiger partial charge in [0, 0.05) is 6.54 Å². The predicted octanol–water partition coefficient (Wildman–Crippen LogP) is -2.11. The van der Waals surface area contributed by atoms with Crippen molar-refractivity contribution in [2.75, 3.05) is 19.7 Å². The van der Waals surface area contributed by atoms with Gasteiger partial charge in [-0.3, -0.25) is 33.8 Å². The van der Waals surface area contributed by atoms with Crippen molar-refractivity contribution in [1.82, 2.24) is 31.9 Å². The molecule has 20 heteroatoms. The summed E-state index contributed by atoms with van der Waals surface area (Å²) in [6, 6.07) is -8.32. The zero-order chi connectivity index (χ0) is 44.0. The Morgan fingerprint density at radius 3 is 1.46 bits per heavy atom. The zero-order valence-electron chi connectivity index (χ0n) is 34.9. The molecule has 20 nitrogen and oxygen atoms in total. The Morgan fingerprint density at radius 2 is 1.00 bits per heavy atom. The first-order chi connectivity index (χ1) is 26.5. The summed E-state index contributed by atoms with van der Waals surface area (Å²) in [4.78, 5) is 95.9. The summed E-state index contributed by atoms with van der Waals surface area (Å²) in [6.07, 6.45) is 2.12. The van der Waals surface area contributed by atoms with Crippen molar-refractivity contribution in [3.63, 3.8) is 0 Å². The molecule has 328 valence electrons. The molecule has 0 saturated carbocycles. The molecule has 0 aliphatic carbocycles. The van der Waals surface area contributed by atoms with Gasteiger partial charge in [-0.05, 0) is 75.2 Å². The number of amides is 6. The Morgan fingerprint density at radius 1 is 0.561 bits per heavy atom. The first-order valence-electron chi connectivity index (χ1n) is 19.7. The summed E-state index contributed by atoms with van der Waals surface area (Å²) in [5, 5.41) is 35.2. The average Bonchev–Trinajstić information content (AvgIpc) is 3.10. The largest absolute Gasteiger partial charge is 0.480 e. The molecule has 0 bridgehead atoms. The van der Waals surface area contributed by atoms with Crippen LogP contribution in [-0.2, 0) is 33.6 Å². The number of aliphatic hydroxyl groups excluding tert-OH is 1. The van der Waals surface area contributed by atoms with Gasteiger partial charge in [0.1, 0.15) is 36.3 Å². The summed E-state index contributed by atoms with van der Waals surface area (Å²) in [5.74, 6) is -6.84. The summed E-state index contributed by atoms with van der Waals surface area (Å²) in [6.45, 7) is 13.7. The molecule has 0 heterocycles. The molecule has 0 aromatic carbocycles. The van der Waals surface area contributed by atoms with E-state index in [1.54, 1.807) is 27.7 Å². The molecule has 7 atom stereocenters. The second-order valence-corrected chi connectivity index (χ2v) is 15.8. The van der Waals surface area contributed by atoms with Crippen molar-refractivity contribution in [2.45, 2.75) is 143 Å². The molecule has 6 amide bonds. The number of nitrogens with two attached hydrogens (primary N) is 4. The molecule has 0 fully saturated rings. The third-order valence-electron chi connectivity index (χ3n) is 8.86. The van der Waals surface area contributed by atoms with Gasteiger partial charge in [0.2, 0.25) is 35.4 Å². The lowest BCUT2D eigenvalue weighted by atomic mass is 9.98. The second-order valence-electron chi connectivity index (χ2n) is 15.8. The minimum atomic E-state index is -1.53. The summed E-state index contributed by atoms with van der Waals surface area (Å²) in [7, 11) is 0. The number of carboxylic acid groups (broad SMARTS) is 1. The number of aliphatic imine (C=N–C) groups is 1. The van der Waals surface area contributed by atoms with Crippen molar-refractivity contribution in [2.24, 2.45) is 51.6 Å². The Labute approximate surface area is 336 Å². The van der Waals surface area contributed by atoms with Gasteiger partial charge in [-0.2, -0.15) is 0 Å². The highest BCUT2D eigenvalue weighted by Crippen LogP contribution is 2.12. The summed E-state index contributed by atoms with van der Waals surface area (Å²) in [5.41, 5.74) is 22.3. The molecule has 57 heavy (non-hydrogen) atoms. The molecule has 0 spiro atoms. The van der Waals surface area contributed by atoms with E-state index in [1.165, 1.54) is 0 Å². The number of aliphatic hydroxyl groups is 1. The number of carboxylic acids is 1. The summed E-state index contributed by atoms with van der Waals surface area (Å²) >= 11 is 0. The number of hydrogen-bond acceptors (Lipinski definition) is 11. The Bertz CT molecular complexity index is 1340. The third kappa shape index (κ3) is 21.0. The minimum Gasteiger partial charge on any atom is -0.480 e. The van der Waals surface area contributed by atoms with Crippen LogP contribution in [0.2, 0.25) is 0 Å². The number of nitrogens with one attached hydrogen (secondary N) is 6. The van der Waals surface area contributed by atoms with E-state index in [0.717, 1.165) is 0 Å². The van der Waals surface area contributed by atoms with Crippen LogP contribution in [0.4, 0.5) is 0 Å². The fraction of sp³-hybridized carbons (Fsp3) is 0.784. The molecule has 0 radical (unpaired) electrons. The Balaban J connectivity index is 6.02. The van der Waals surface area contributed by atoms with Crippen LogP contribution in [-0.4, -0.2) is 120 Å². The van der Waals surface area contributed by atoms with Crippen LogP contribution in [0.5, 0.6) is 0 Å². The van der Waals surface area contributed by atoms with Crippen molar-refractivity contribution in [3.05, 3.63) is 0 Å². The van der Waals surface area contributed by atoms with E-state index in [2.05, 4.69) is 36.9 Å². The van der Waals surface area contributed by atoms with Crippen molar-refractivity contribution < 1.29 is 43.8 Å². The highest BCUT2D eigenvalue weighted by atomic mass is 16.4. The topological polar surface area (TPSA) is 349 Å². The average molecular weight is 814 g/mol. The first kappa shape index (κ1) is 52.4. The standard InChI is InChI=1S/C37H71N11O9/c1-19(2)16-25(32(52)44-26(17-20(3)4)33(53)48-29(22(7)8)36(56)57)45-35(55)28(21(5)6)47-34(54)27(18-49)46-31(51)24(13-9-10-14-38)43-30(50)23(39)12-11-15-42-37(40)41/h19-29,49H,9-18,38-39H2,1-8H3,(H,43,50)(H,44,52)(H,45,55)(H,46,51)(H,47,54)(H,48,53)(H,56,57)(H4,40,41,42)/t23-,24-,25-,26-,27-,28-,29-/m0/s1. The second kappa shape index (κ2) is 27.1. The van der Waals surface area contributed by atoms with Crippen LogP contribution in [0.3, 0.4) is 0 Å². The van der Waals surface area contributed by atoms with Crippen LogP contribution >= 0.6 is 0 Å². The normalized spacial score (nSPS) is 15.1. The lowest BCUT2D eigenvalue weighted by molar-refractivity contribution is -0.143. The maximum absolute atomic E-state index is 13.7. The van der Waals surface area contributed by atoms with Gasteiger partial charge in [0.05, 0.1) is 12.6 Å². The molecule has 0 aliphatic heterocycles. The summed E-state index contributed by atoms with van der Waals surface area (Å²) < 4.78 is 0. The lowest BCUT2D eigenvalue weighted by Crippen LogP contribution is -2.61. The van der Waals surface area contributed by atoms with E-state index in [1.807, 2.05) is 27.7 Å². The smallest absolute Gasteiger partial charge is 0.326 e. The van der Waals surface area contributed by atoms with Gasteiger partial charge in [-0.15, -0.1) is 0 Å². The molecule has 0 rings (SSSR count). The Hall–Kier alpha value is -4.56. The van der Waals surface area contributed by atoms with Crippen LogP contribution in [0.1, 0.15) is 100 Å². The van der Waals surface area contributed by atoms with Crippen LogP contribution in [0, 0.1) is 23.7 Å². The number of carbonyl (C=O) groups is 7. The van der Waals surface area contributed by atoms with Crippen LogP contribution in [0.15, 0.2) is 4.99 Å². The van der Waals surface area contributed by atoms with Gasteiger partial charge in [0.25, 0.3) is 0 Å². The van der Waals surface area contributed by atoms with Gasteiger partial charge >= 0.3 is 5.97 Å². The number of guanidine groups is 1. The SMILES string of the molecule is CC(C)C[C@H](NC(=O)[C@H](CC(C)C)NC(=O)[C@@H](NC(=O)[C@H](CO)NC(=O)[C@H](CCCCN)NC(=O)[C@@H](N)CCCN=C(N)N)C(C)C)C(=O)N[C@H](C(=O)O)C(C)C. The van der Waals surface area contributed by atoms with Crippen LogP contribution < -0.4 is 54.8 Å². The van der Waals surface area contributed by atoms with E-state index in [0.29, 0.717) is 25.8 Å². The molecule has 16 N–H and O–H groups in total. The van der Waals surface area contributed by atoms with E-state index in [-0.39, 0.29) is 50.0 Å². The molecule has 0 saturated heterocycles. The quantitative estimate of drug-likeness (QED) is 0.0229. The van der Waals surface area contributed by atoms with E-state index in [4.69, 9.17) is 22.9 Å². The van der Waals surface area contributed by atoms with E-state index >= 15 is 0 Å². The van der Waals surface area contributed by atoms with Gasteiger partial charge < -0.3 is 65.0 Å². The fourth-order valence-corrected chi connectivity index (χ4v) is 5.65. The third-order valence-corrected chi connectivity index (χ3v) is 8.86. The number of aliphatic carboxylic acids is 1. The monoisotopic (exact) mass is 814 g/mol. The number of hydrogen-bond donors (Lipinski definition) is 12. The number of nitrogens with zero attached hydrogens (tertiary/aromatic N) is 1. The highest BCUT2D eigenvalue weighted by Gasteiger charge is 2.35. The first-order valence-corrected chi connectivity index (χ1v) is 19.7. The van der Waals surface area contributed by atoms with Crippen LogP contribution in [0.25, 0.3) is 0 Å². The highest BCUT2D eigenvalue weighted by molar-refractivity contribution is 5.97. The molecular weight excluding hydrogens is 742 g/mol. The predicted molar refractivity (Wildman–Crippen MR) is 216 cm³/mol. The molecule has 0 aromatic heterocycles. The zero-order valence-corrected chi connectivity index (χ0v) is 34.9. The van der Waals surface area contributed by atoms with Gasteiger partial charge in [-0.25, -0.2) is 4.79 Å². The number of rotatable bonds is 28. The number of carbonyl (C=O) groups excluding carboxylic acids is 6. The fourth-order valence-electron chi connectivity index (χ4n) is 5.65. The lowest BCUT2D eigenvalue weighted by Gasteiger charge is -2.29. The van der Waals surface area contributed by atoms with Crippen molar-refractivity contribution >= 4 is 47.4 Å². The maximum Gasteiger partial charge on any atom is 0.326 e. The van der Waals surface area contributed by atoms with Gasteiger partial charge in [0.15, 0.2) is 5.96 Å². The van der Waals surface area contributed by atoms with E-state index < -0.39 is 102 Å². The van der Waals surface area contributed by atoms with Crippen molar-refractivity contribution in [3.8, 4) is 0 Å². The Kier molecular flexibility index (Phi) is 25.0. The van der Waals surface area contributed by atoms with Crippen molar-refractivity contribution in [1.29, 1.82) is 0 Å². The van der Waals surface area contributed by atoms with E-state index in [9.17, 15) is 43.8 Å². The minimum absolute atomic E-state index is 0.0648. The number of unbranched alkanes of at least 4 members (excludes halogenated alkanes) is 1. The molecule has 0 aliphatic rings. The van der Waals surface area contributed by atoms with Gasteiger partial charge in [-0.1, -0.05) is 55.4 Å². The maximum atomic E-state index is 13.7. The molecule has 0 unspecified atom stereocenters. The molecule has 0 aromatic rings. The molecular formula is C37H71N11O9.